The van der Waals surface area contributed by atoms with E-state index in [0.29, 0.717) is 12.0 Å². The van der Waals surface area contributed by atoms with Crippen LogP contribution in [0.5, 0.6) is 0 Å². The summed E-state index contributed by atoms with van der Waals surface area (Å²) < 4.78 is 0. The van der Waals surface area contributed by atoms with E-state index in [2.05, 4.69) is 12.2 Å². The van der Waals surface area contributed by atoms with Crippen molar-refractivity contribution in [2.45, 2.75) is 46.2 Å². The van der Waals surface area contributed by atoms with Crippen molar-refractivity contribution in [3.8, 4) is 0 Å². The highest BCUT2D eigenvalue weighted by molar-refractivity contribution is 5.95. The van der Waals surface area contributed by atoms with Gasteiger partial charge >= 0.3 is 0 Å². The molecule has 0 spiro atoms. The molecule has 1 aliphatic carbocycles. The number of piperazine rings is 1. The Balaban J connectivity index is 2.17. The highest BCUT2D eigenvalue weighted by Gasteiger charge is 2.48. The van der Waals surface area contributed by atoms with Crippen LogP contribution in [-0.4, -0.2) is 35.3 Å². The van der Waals surface area contributed by atoms with E-state index in [1.807, 2.05) is 20.8 Å². The van der Waals surface area contributed by atoms with Crippen LogP contribution in [0.2, 0.25) is 0 Å². The molecule has 0 aromatic rings. The summed E-state index contributed by atoms with van der Waals surface area (Å²) >= 11 is 0. The second kappa shape index (κ2) is 3.47. The van der Waals surface area contributed by atoms with Gasteiger partial charge < -0.3 is 10.2 Å². The molecule has 2 rings (SSSR count). The average molecular weight is 224 g/mol. The van der Waals surface area contributed by atoms with Crippen LogP contribution < -0.4 is 5.32 Å². The second-order valence-electron chi connectivity index (χ2n) is 6.11. The maximum atomic E-state index is 12.3. The van der Waals surface area contributed by atoms with Crippen LogP contribution in [0.4, 0.5) is 0 Å². The van der Waals surface area contributed by atoms with Crippen LogP contribution in [0.15, 0.2) is 0 Å². The highest BCUT2D eigenvalue weighted by Crippen LogP contribution is 2.37. The fourth-order valence-corrected chi connectivity index (χ4v) is 2.27. The maximum Gasteiger partial charge on any atom is 0.246 e. The molecule has 1 N–H and O–H groups in total. The third-order valence-corrected chi connectivity index (χ3v) is 3.48. The Morgan fingerprint density at radius 2 is 1.88 bits per heavy atom. The molecule has 1 heterocycles. The highest BCUT2D eigenvalue weighted by atomic mass is 16.2. The van der Waals surface area contributed by atoms with E-state index in [4.69, 9.17) is 0 Å². The lowest BCUT2D eigenvalue weighted by Crippen LogP contribution is -2.62. The predicted molar refractivity (Wildman–Crippen MR) is 60.7 cm³/mol. The van der Waals surface area contributed by atoms with Crippen LogP contribution in [0.3, 0.4) is 0 Å². The number of hydrogen-bond donors (Lipinski definition) is 1. The summed E-state index contributed by atoms with van der Waals surface area (Å²) in [6.07, 6.45) is 1.04. The number of carbonyl (C=O) groups is 2. The molecule has 2 aliphatic rings. The molecule has 1 aliphatic heterocycles. The Labute approximate surface area is 96.4 Å². The molecule has 4 nitrogen and oxygen atoms in total. The first-order chi connectivity index (χ1) is 7.30. The lowest BCUT2D eigenvalue weighted by molar-refractivity contribution is -0.148. The second-order valence-corrected chi connectivity index (χ2v) is 6.11. The maximum absolute atomic E-state index is 12.3. The average Bonchev–Trinajstić information content (AvgIpc) is 2.84. The van der Waals surface area contributed by atoms with E-state index in [0.717, 1.165) is 6.42 Å². The normalized spacial score (nSPS) is 35.0. The number of nitrogens with one attached hydrogen (secondary N) is 1. The van der Waals surface area contributed by atoms with Gasteiger partial charge in [-0.1, -0.05) is 27.7 Å². The molecule has 0 aromatic heterocycles. The molecule has 90 valence electrons. The van der Waals surface area contributed by atoms with Crippen molar-refractivity contribution < 1.29 is 9.59 Å². The van der Waals surface area contributed by atoms with Gasteiger partial charge in [0.25, 0.3) is 0 Å². The van der Waals surface area contributed by atoms with Crippen LogP contribution in [0.25, 0.3) is 0 Å². The van der Waals surface area contributed by atoms with Gasteiger partial charge in [0.15, 0.2) is 0 Å². The topological polar surface area (TPSA) is 49.4 Å². The van der Waals surface area contributed by atoms with E-state index in [1.165, 1.54) is 0 Å². The molecule has 16 heavy (non-hydrogen) atoms. The zero-order valence-corrected chi connectivity index (χ0v) is 10.4. The van der Waals surface area contributed by atoms with Crippen LogP contribution >= 0.6 is 0 Å². The number of rotatable bonds is 1. The summed E-state index contributed by atoms with van der Waals surface area (Å²) in [5, 5.41) is 2.80. The van der Waals surface area contributed by atoms with Crippen molar-refractivity contribution in [1.82, 2.24) is 10.2 Å². The SMILES string of the molecule is CC1CC1N1CC(=O)NC(C(C)(C)C)C1=O. The lowest BCUT2D eigenvalue weighted by Gasteiger charge is -2.39. The van der Waals surface area contributed by atoms with Gasteiger partial charge in [0, 0.05) is 6.04 Å². The molecule has 2 fully saturated rings. The predicted octanol–water partition coefficient (Wildman–Crippen LogP) is 0.768. The molecule has 4 heteroatoms. The summed E-state index contributed by atoms with van der Waals surface area (Å²) in [4.78, 5) is 25.6. The number of amides is 2. The summed E-state index contributed by atoms with van der Waals surface area (Å²) in [6.45, 7) is 8.30. The number of carbonyl (C=O) groups excluding carboxylic acids is 2. The van der Waals surface area contributed by atoms with E-state index < -0.39 is 0 Å². The minimum absolute atomic E-state index is 0.0291. The van der Waals surface area contributed by atoms with Gasteiger partial charge in [0.2, 0.25) is 11.8 Å². The van der Waals surface area contributed by atoms with Gasteiger partial charge in [0.05, 0.1) is 6.54 Å². The molecule has 0 bridgehead atoms. The summed E-state index contributed by atoms with van der Waals surface area (Å²) in [5.41, 5.74) is -0.219. The monoisotopic (exact) mass is 224 g/mol. The Morgan fingerprint density at radius 1 is 1.31 bits per heavy atom. The Morgan fingerprint density at radius 3 is 2.31 bits per heavy atom. The largest absolute Gasteiger partial charge is 0.342 e. The van der Waals surface area contributed by atoms with Crippen molar-refractivity contribution in [3.05, 3.63) is 0 Å². The minimum Gasteiger partial charge on any atom is -0.342 e. The molecule has 0 radical (unpaired) electrons. The van der Waals surface area contributed by atoms with Crippen molar-refractivity contribution in [3.63, 3.8) is 0 Å². The Kier molecular flexibility index (Phi) is 2.48. The van der Waals surface area contributed by atoms with Crippen LogP contribution in [-0.2, 0) is 9.59 Å². The van der Waals surface area contributed by atoms with Gasteiger partial charge in [-0.2, -0.15) is 0 Å². The van der Waals surface area contributed by atoms with Crippen molar-refractivity contribution in [2.24, 2.45) is 11.3 Å². The molecule has 3 atom stereocenters. The van der Waals surface area contributed by atoms with Crippen molar-refractivity contribution in [2.75, 3.05) is 6.54 Å². The zero-order valence-electron chi connectivity index (χ0n) is 10.4. The molecule has 1 saturated heterocycles. The minimum atomic E-state index is -0.374. The first kappa shape index (κ1) is 11.4. The van der Waals surface area contributed by atoms with Gasteiger partial charge in [-0.15, -0.1) is 0 Å². The van der Waals surface area contributed by atoms with E-state index >= 15 is 0 Å². The van der Waals surface area contributed by atoms with Crippen molar-refractivity contribution >= 4 is 11.8 Å². The summed E-state index contributed by atoms with van der Waals surface area (Å²) in [5.74, 6) is 0.607. The molecular weight excluding hydrogens is 204 g/mol. The number of nitrogens with zero attached hydrogens (tertiary/aromatic N) is 1. The standard InChI is InChI=1S/C12H20N2O2/c1-7-5-8(7)14-6-9(15)13-10(11(14)16)12(2,3)4/h7-8,10H,5-6H2,1-4H3,(H,13,15). The zero-order chi connectivity index (χ0) is 12.1. The molecular formula is C12H20N2O2. The lowest BCUT2D eigenvalue weighted by atomic mass is 9.84. The Hall–Kier alpha value is -1.06. The van der Waals surface area contributed by atoms with Gasteiger partial charge in [-0.3, -0.25) is 9.59 Å². The first-order valence-corrected chi connectivity index (χ1v) is 5.90. The van der Waals surface area contributed by atoms with Gasteiger partial charge in [-0.25, -0.2) is 0 Å². The van der Waals surface area contributed by atoms with E-state index in [-0.39, 0.29) is 29.8 Å². The summed E-state index contributed by atoms with van der Waals surface area (Å²) in [7, 11) is 0. The molecule has 0 aromatic carbocycles. The van der Waals surface area contributed by atoms with Gasteiger partial charge in [-0.05, 0) is 17.8 Å². The fourth-order valence-electron chi connectivity index (χ4n) is 2.27. The van der Waals surface area contributed by atoms with Crippen molar-refractivity contribution in [1.29, 1.82) is 0 Å². The van der Waals surface area contributed by atoms with E-state index in [9.17, 15) is 9.59 Å². The third kappa shape index (κ3) is 1.93. The molecule has 2 amide bonds. The first-order valence-electron chi connectivity index (χ1n) is 5.90. The third-order valence-electron chi connectivity index (χ3n) is 3.48. The Bertz CT molecular complexity index is 332. The quantitative estimate of drug-likeness (QED) is 0.715. The van der Waals surface area contributed by atoms with Crippen LogP contribution in [0.1, 0.15) is 34.1 Å². The molecule has 1 saturated carbocycles. The molecule has 3 unspecified atom stereocenters. The fraction of sp³-hybridized carbons (Fsp3) is 0.833. The van der Waals surface area contributed by atoms with Crippen LogP contribution in [0, 0.1) is 11.3 Å². The van der Waals surface area contributed by atoms with E-state index in [1.54, 1.807) is 4.90 Å². The number of hydrogen-bond acceptors (Lipinski definition) is 2. The smallest absolute Gasteiger partial charge is 0.246 e. The summed E-state index contributed by atoms with van der Waals surface area (Å²) in [6, 6.07) is -0.0788. The van der Waals surface area contributed by atoms with Gasteiger partial charge in [0.1, 0.15) is 6.04 Å².